The number of aromatic nitrogens is 1. The SMILES string of the molecule is O=C(NC1CCCOC1)c1c(-n2cccc2)sc2c1CCCC2. The zero-order chi connectivity index (χ0) is 15.6. The third-order valence-electron chi connectivity index (χ3n) is 4.71. The molecule has 23 heavy (non-hydrogen) atoms. The second-order valence-electron chi connectivity index (χ2n) is 6.37. The van der Waals surface area contributed by atoms with E-state index in [9.17, 15) is 4.79 Å². The molecule has 2 aliphatic rings. The summed E-state index contributed by atoms with van der Waals surface area (Å²) in [6, 6.07) is 4.16. The summed E-state index contributed by atoms with van der Waals surface area (Å²) in [5.74, 6) is 0.0728. The highest BCUT2D eigenvalue weighted by Gasteiger charge is 2.27. The number of fused-ring (bicyclic) bond motifs is 1. The van der Waals surface area contributed by atoms with Crippen LogP contribution in [0.25, 0.3) is 5.00 Å². The monoisotopic (exact) mass is 330 g/mol. The van der Waals surface area contributed by atoms with Gasteiger partial charge in [0.2, 0.25) is 0 Å². The number of carbonyl (C=O) groups is 1. The van der Waals surface area contributed by atoms with Gasteiger partial charge < -0.3 is 14.6 Å². The summed E-state index contributed by atoms with van der Waals surface area (Å²) in [6.45, 7) is 1.45. The second-order valence-corrected chi connectivity index (χ2v) is 7.45. The Hall–Kier alpha value is -1.59. The van der Waals surface area contributed by atoms with Crippen molar-refractivity contribution in [2.75, 3.05) is 13.2 Å². The van der Waals surface area contributed by atoms with Gasteiger partial charge in [-0.2, -0.15) is 0 Å². The summed E-state index contributed by atoms with van der Waals surface area (Å²) in [4.78, 5) is 14.4. The first-order valence-corrected chi connectivity index (χ1v) is 9.31. The molecule has 0 saturated carbocycles. The largest absolute Gasteiger partial charge is 0.379 e. The third-order valence-corrected chi connectivity index (χ3v) is 6.02. The Morgan fingerprint density at radius 1 is 1.22 bits per heavy atom. The van der Waals surface area contributed by atoms with Crippen molar-refractivity contribution in [2.24, 2.45) is 0 Å². The maximum atomic E-state index is 13.0. The zero-order valence-electron chi connectivity index (χ0n) is 13.2. The van der Waals surface area contributed by atoms with E-state index in [1.807, 2.05) is 24.5 Å². The fourth-order valence-electron chi connectivity index (χ4n) is 3.55. The van der Waals surface area contributed by atoms with E-state index in [0.29, 0.717) is 6.61 Å². The van der Waals surface area contributed by atoms with E-state index in [2.05, 4.69) is 9.88 Å². The number of rotatable bonds is 3. The standard InChI is InChI=1S/C18H22N2O2S/c21-17(19-13-6-5-11-22-12-13)16-14-7-1-2-8-15(14)23-18(16)20-9-3-4-10-20/h3-4,9-10,13H,1-2,5-8,11-12H2,(H,19,21). The van der Waals surface area contributed by atoms with E-state index >= 15 is 0 Å². The van der Waals surface area contributed by atoms with Crippen LogP contribution in [0.3, 0.4) is 0 Å². The average molecular weight is 330 g/mol. The molecule has 3 heterocycles. The van der Waals surface area contributed by atoms with Crippen molar-refractivity contribution in [3.63, 3.8) is 0 Å². The van der Waals surface area contributed by atoms with Crippen LogP contribution in [0.2, 0.25) is 0 Å². The van der Waals surface area contributed by atoms with Crippen LogP contribution in [0.4, 0.5) is 0 Å². The molecule has 2 aromatic rings. The van der Waals surface area contributed by atoms with Crippen molar-refractivity contribution in [1.29, 1.82) is 0 Å². The van der Waals surface area contributed by atoms with Crippen LogP contribution in [-0.4, -0.2) is 29.7 Å². The van der Waals surface area contributed by atoms with Crippen LogP contribution in [-0.2, 0) is 17.6 Å². The van der Waals surface area contributed by atoms with E-state index in [1.54, 1.807) is 11.3 Å². The molecule has 0 spiro atoms. The van der Waals surface area contributed by atoms with Crippen LogP contribution >= 0.6 is 11.3 Å². The van der Waals surface area contributed by atoms with Gasteiger partial charge in [0.1, 0.15) is 5.00 Å². The molecule has 0 bridgehead atoms. The van der Waals surface area contributed by atoms with Crippen LogP contribution in [0, 0.1) is 0 Å². The Morgan fingerprint density at radius 2 is 2.04 bits per heavy atom. The van der Waals surface area contributed by atoms with Crippen molar-refractivity contribution in [3.8, 4) is 5.00 Å². The van der Waals surface area contributed by atoms with Gasteiger partial charge in [-0.3, -0.25) is 4.79 Å². The zero-order valence-corrected chi connectivity index (χ0v) is 14.0. The fraction of sp³-hybridized carbons (Fsp3) is 0.500. The van der Waals surface area contributed by atoms with Gasteiger partial charge in [-0.05, 0) is 56.2 Å². The van der Waals surface area contributed by atoms with E-state index in [0.717, 1.165) is 42.9 Å². The Balaban J connectivity index is 1.67. The van der Waals surface area contributed by atoms with Gasteiger partial charge in [0, 0.05) is 23.9 Å². The molecule has 1 unspecified atom stereocenters. The molecule has 1 aliphatic carbocycles. The van der Waals surface area contributed by atoms with Crippen molar-refractivity contribution in [3.05, 3.63) is 40.5 Å². The highest BCUT2D eigenvalue weighted by atomic mass is 32.1. The van der Waals surface area contributed by atoms with Gasteiger partial charge in [0.15, 0.2) is 0 Å². The van der Waals surface area contributed by atoms with Crippen molar-refractivity contribution in [2.45, 2.75) is 44.6 Å². The minimum Gasteiger partial charge on any atom is -0.379 e. The molecule has 0 radical (unpaired) electrons. The third kappa shape index (κ3) is 2.95. The lowest BCUT2D eigenvalue weighted by molar-refractivity contribution is 0.0624. The van der Waals surface area contributed by atoms with Crippen molar-refractivity contribution < 1.29 is 9.53 Å². The number of amides is 1. The molecule has 5 heteroatoms. The minimum atomic E-state index is 0.0728. The number of nitrogens with one attached hydrogen (secondary N) is 1. The Kier molecular flexibility index (Phi) is 4.23. The quantitative estimate of drug-likeness (QED) is 0.938. The Morgan fingerprint density at radius 3 is 2.83 bits per heavy atom. The molecule has 1 aliphatic heterocycles. The lowest BCUT2D eigenvalue weighted by atomic mass is 9.95. The summed E-state index contributed by atoms with van der Waals surface area (Å²) in [5.41, 5.74) is 2.17. The van der Waals surface area contributed by atoms with Crippen molar-refractivity contribution >= 4 is 17.2 Å². The summed E-state index contributed by atoms with van der Waals surface area (Å²) in [7, 11) is 0. The minimum absolute atomic E-state index is 0.0728. The molecule has 1 atom stereocenters. The van der Waals surface area contributed by atoms with E-state index in [4.69, 9.17) is 4.74 Å². The number of aryl methyl sites for hydroxylation is 1. The molecule has 1 N–H and O–H groups in total. The summed E-state index contributed by atoms with van der Waals surface area (Å²) in [6.07, 6.45) is 10.6. The Bertz CT molecular complexity index is 684. The van der Waals surface area contributed by atoms with Crippen LogP contribution in [0.15, 0.2) is 24.5 Å². The second kappa shape index (κ2) is 6.49. The predicted molar refractivity (Wildman–Crippen MR) is 91.6 cm³/mol. The normalized spacial score (nSPS) is 21.0. The van der Waals surface area contributed by atoms with Gasteiger partial charge in [0.25, 0.3) is 5.91 Å². The molecule has 1 fully saturated rings. The van der Waals surface area contributed by atoms with E-state index in [-0.39, 0.29) is 11.9 Å². The van der Waals surface area contributed by atoms with E-state index < -0.39 is 0 Å². The molecule has 2 aromatic heterocycles. The number of nitrogens with zero attached hydrogens (tertiary/aromatic N) is 1. The number of hydrogen-bond donors (Lipinski definition) is 1. The molecule has 0 aromatic carbocycles. The first-order valence-electron chi connectivity index (χ1n) is 8.49. The van der Waals surface area contributed by atoms with Gasteiger partial charge in [-0.15, -0.1) is 11.3 Å². The lowest BCUT2D eigenvalue weighted by Crippen LogP contribution is -2.41. The topological polar surface area (TPSA) is 43.3 Å². The molecule has 4 rings (SSSR count). The summed E-state index contributed by atoms with van der Waals surface area (Å²) in [5, 5.41) is 4.27. The fourth-order valence-corrected chi connectivity index (χ4v) is 4.90. The molecule has 1 saturated heterocycles. The summed E-state index contributed by atoms with van der Waals surface area (Å²) >= 11 is 1.78. The van der Waals surface area contributed by atoms with Crippen LogP contribution < -0.4 is 5.32 Å². The predicted octanol–water partition coefficient (Wildman–Crippen LogP) is 3.33. The van der Waals surface area contributed by atoms with Gasteiger partial charge >= 0.3 is 0 Å². The molecular weight excluding hydrogens is 308 g/mol. The van der Waals surface area contributed by atoms with E-state index in [1.165, 1.54) is 23.3 Å². The number of ether oxygens (including phenoxy) is 1. The van der Waals surface area contributed by atoms with Crippen molar-refractivity contribution in [1.82, 2.24) is 9.88 Å². The van der Waals surface area contributed by atoms with Crippen LogP contribution in [0.5, 0.6) is 0 Å². The Labute approximate surface area is 140 Å². The maximum absolute atomic E-state index is 13.0. The van der Waals surface area contributed by atoms with Gasteiger partial charge in [-0.25, -0.2) is 0 Å². The smallest absolute Gasteiger partial charge is 0.254 e. The number of hydrogen-bond acceptors (Lipinski definition) is 3. The lowest BCUT2D eigenvalue weighted by Gasteiger charge is -2.23. The van der Waals surface area contributed by atoms with Gasteiger partial charge in [-0.1, -0.05) is 0 Å². The molecule has 122 valence electrons. The average Bonchev–Trinajstić information content (AvgIpc) is 3.23. The molecule has 1 amide bonds. The first kappa shape index (κ1) is 15.0. The summed E-state index contributed by atoms with van der Waals surface area (Å²) < 4.78 is 7.58. The highest BCUT2D eigenvalue weighted by molar-refractivity contribution is 7.15. The molecule has 4 nitrogen and oxygen atoms in total. The van der Waals surface area contributed by atoms with Crippen LogP contribution in [0.1, 0.15) is 46.5 Å². The number of carbonyl (C=O) groups excluding carboxylic acids is 1. The van der Waals surface area contributed by atoms with Gasteiger partial charge in [0.05, 0.1) is 18.2 Å². The molecular formula is C18H22N2O2S. The maximum Gasteiger partial charge on any atom is 0.254 e. The highest BCUT2D eigenvalue weighted by Crippen LogP contribution is 2.37. The number of thiophene rings is 1. The first-order chi connectivity index (χ1) is 11.3.